The molecule has 0 aromatic heterocycles. The lowest BCUT2D eigenvalue weighted by Crippen LogP contribution is -2.35. The van der Waals surface area contributed by atoms with Gasteiger partial charge in [0, 0.05) is 12.1 Å². The fraction of sp³-hybridized carbons (Fsp3) is 0.500. The van der Waals surface area contributed by atoms with Crippen LogP contribution in [0, 0.1) is 12.3 Å². The van der Waals surface area contributed by atoms with Gasteiger partial charge in [-0.2, -0.15) is 39.5 Å². The van der Waals surface area contributed by atoms with Crippen molar-refractivity contribution in [3.05, 3.63) is 69.3 Å². The number of halogens is 9. The first-order valence-electron chi connectivity index (χ1n) is 13.4. The highest BCUT2D eigenvalue weighted by Gasteiger charge is 2.44. The molecule has 13 heteroatoms. The van der Waals surface area contributed by atoms with Crippen molar-refractivity contribution in [1.29, 1.82) is 0 Å². The number of carbonyl (C=O) groups excluding carboxylic acids is 1. The monoisotopic (exact) mass is 623 g/mol. The number of carbonyl (C=O) groups is 1. The number of cyclic esters (lactones) is 1. The van der Waals surface area contributed by atoms with E-state index in [0.717, 1.165) is 6.07 Å². The first-order valence-corrected chi connectivity index (χ1v) is 13.4. The molecule has 1 heterocycles. The second kappa shape index (κ2) is 11.0. The molecule has 2 atom stereocenters. The molecule has 1 fully saturated rings. The second-order valence-electron chi connectivity index (χ2n) is 11.8. The van der Waals surface area contributed by atoms with E-state index in [9.17, 15) is 44.3 Å². The van der Waals surface area contributed by atoms with E-state index in [1.807, 2.05) is 13.8 Å². The van der Waals surface area contributed by atoms with Gasteiger partial charge in [0.15, 0.2) is 0 Å². The van der Waals surface area contributed by atoms with Crippen LogP contribution in [-0.2, 0) is 23.3 Å². The standard InChI is InChI=1S/C30H30F9NO3/c1-15-8-22(24(42-5)12-23(15)30(37,38)39)21-6-7-27(3,4)13-18(21)14-40-16(2)25(43-26(40)41)17-9-19(28(31,32)33)11-20(10-17)29(34,35)36/h8-12,16,25H,6-7,13-14H2,1-5H3. The van der Waals surface area contributed by atoms with Crippen molar-refractivity contribution in [2.24, 2.45) is 5.41 Å². The molecule has 2 aromatic rings. The van der Waals surface area contributed by atoms with Crippen molar-refractivity contribution in [3.63, 3.8) is 0 Å². The van der Waals surface area contributed by atoms with E-state index in [0.29, 0.717) is 48.1 Å². The third-order valence-corrected chi connectivity index (χ3v) is 8.04. The van der Waals surface area contributed by atoms with Gasteiger partial charge in [-0.05, 0) is 91.1 Å². The van der Waals surface area contributed by atoms with Crippen LogP contribution in [0.2, 0.25) is 0 Å². The van der Waals surface area contributed by atoms with E-state index in [4.69, 9.17) is 9.47 Å². The number of amides is 1. The summed E-state index contributed by atoms with van der Waals surface area (Å²) >= 11 is 0. The fourth-order valence-electron chi connectivity index (χ4n) is 5.80. The van der Waals surface area contributed by atoms with Crippen LogP contribution in [0.25, 0.3) is 5.57 Å². The Morgan fingerprint density at radius 1 is 0.930 bits per heavy atom. The quantitative estimate of drug-likeness (QED) is 0.312. The average Bonchev–Trinajstić information content (AvgIpc) is 3.14. The molecule has 0 saturated carbocycles. The Hall–Kier alpha value is -3.38. The van der Waals surface area contributed by atoms with Gasteiger partial charge in [0.25, 0.3) is 0 Å². The number of hydrogen-bond donors (Lipinski definition) is 0. The number of rotatable bonds is 5. The maximum atomic E-state index is 13.6. The Balaban J connectivity index is 1.76. The molecule has 4 rings (SSSR count). The van der Waals surface area contributed by atoms with Crippen LogP contribution in [0.15, 0.2) is 35.9 Å². The van der Waals surface area contributed by atoms with Crippen LogP contribution in [-0.4, -0.2) is 30.7 Å². The Bertz CT molecular complexity index is 1410. The zero-order valence-corrected chi connectivity index (χ0v) is 23.9. The van der Waals surface area contributed by atoms with E-state index >= 15 is 0 Å². The summed E-state index contributed by atoms with van der Waals surface area (Å²) in [6.45, 7) is 6.65. The highest BCUT2D eigenvalue weighted by molar-refractivity contribution is 5.77. The predicted octanol–water partition coefficient (Wildman–Crippen LogP) is 9.61. The maximum Gasteiger partial charge on any atom is 0.416 e. The molecule has 0 bridgehead atoms. The van der Waals surface area contributed by atoms with Gasteiger partial charge in [-0.25, -0.2) is 4.79 Å². The molecule has 236 valence electrons. The Morgan fingerprint density at radius 3 is 2.02 bits per heavy atom. The molecule has 1 amide bonds. The van der Waals surface area contributed by atoms with Gasteiger partial charge in [0.2, 0.25) is 0 Å². The van der Waals surface area contributed by atoms with E-state index < -0.39 is 59.0 Å². The topological polar surface area (TPSA) is 38.8 Å². The lowest BCUT2D eigenvalue weighted by molar-refractivity contribution is -0.143. The van der Waals surface area contributed by atoms with Gasteiger partial charge >= 0.3 is 24.6 Å². The number of alkyl halides is 9. The van der Waals surface area contributed by atoms with Gasteiger partial charge < -0.3 is 9.47 Å². The Morgan fingerprint density at radius 2 is 1.51 bits per heavy atom. The second-order valence-corrected chi connectivity index (χ2v) is 11.8. The minimum Gasteiger partial charge on any atom is -0.496 e. The predicted molar refractivity (Wildman–Crippen MR) is 139 cm³/mol. The summed E-state index contributed by atoms with van der Waals surface area (Å²) in [7, 11) is 1.25. The summed E-state index contributed by atoms with van der Waals surface area (Å²) in [5.41, 5.74) is -2.89. The van der Waals surface area contributed by atoms with E-state index in [1.54, 1.807) is 0 Å². The smallest absolute Gasteiger partial charge is 0.416 e. The summed E-state index contributed by atoms with van der Waals surface area (Å²) in [6.07, 6.45) is -15.6. The first kappa shape index (κ1) is 32.5. The van der Waals surface area contributed by atoms with Crippen molar-refractivity contribution in [2.75, 3.05) is 13.7 Å². The molecule has 1 saturated heterocycles. The number of aryl methyl sites for hydroxylation is 1. The largest absolute Gasteiger partial charge is 0.496 e. The van der Waals surface area contributed by atoms with Crippen molar-refractivity contribution < 1.29 is 53.8 Å². The summed E-state index contributed by atoms with van der Waals surface area (Å²) < 4.78 is 132. The number of benzene rings is 2. The fourth-order valence-corrected chi connectivity index (χ4v) is 5.80. The van der Waals surface area contributed by atoms with Gasteiger partial charge in [0.05, 0.1) is 29.8 Å². The van der Waals surface area contributed by atoms with Crippen molar-refractivity contribution in [1.82, 2.24) is 4.90 Å². The van der Waals surface area contributed by atoms with Crippen LogP contribution in [0.5, 0.6) is 5.75 Å². The number of ether oxygens (including phenoxy) is 2. The van der Waals surface area contributed by atoms with Gasteiger partial charge in [-0.1, -0.05) is 13.8 Å². The lowest BCUT2D eigenvalue weighted by atomic mass is 9.72. The summed E-state index contributed by atoms with van der Waals surface area (Å²) in [4.78, 5) is 14.3. The molecule has 2 aromatic carbocycles. The lowest BCUT2D eigenvalue weighted by Gasteiger charge is -2.36. The zero-order chi connectivity index (χ0) is 32.3. The zero-order valence-electron chi connectivity index (χ0n) is 23.9. The van der Waals surface area contributed by atoms with Crippen molar-refractivity contribution in [2.45, 2.75) is 77.6 Å². The first-order chi connectivity index (χ1) is 19.6. The number of nitrogens with zero attached hydrogens (tertiary/aromatic N) is 1. The van der Waals surface area contributed by atoms with Gasteiger partial charge in [-0.3, -0.25) is 4.90 Å². The van der Waals surface area contributed by atoms with Crippen LogP contribution in [0.3, 0.4) is 0 Å². The third-order valence-electron chi connectivity index (χ3n) is 8.04. The number of hydrogen-bond acceptors (Lipinski definition) is 3. The average molecular weight is 624 g/mol. The Labute approximate surface area is 242 Å². The molecule has 2 aliphatic rings. The van der Waals surface area contributed by atoms with Crippen molar-refractivity contribution >= 4 is 11.7 Å². The van der Waals surface area contributed by atoms with Crippen LogP contribution in [0.4, 0.5) is 44.3 Å². The maximum absolute atomic E-state index is 13.6. The highest BCUT2D eigenvalue weighted by Crippen LogP contribution is 2.48. The van der Waals surface area contributed by atoms with Crippen LogP contribution < -0.4 is 4.74 Å². The summed E-state index contributed by atoms with van der Waals surface area (Å²) in [5.74, 6) is -0.0105. The molecule has 1 aliphatic carbocycles. The van der Waals surface area contributed by atoms with Gasteiger partial charge in [0.1, 0.15) is 11.9 Å². The number of methoxy groups -OCH3 is 1. The molecule has 0 N–H and O–H groups in total. The third kappa shape index (κ3) is 6.75. The number of allylic oxidation sites excluding steroid dienone is 1. The molecule has 0 spiro atoms. The van der Waals surface area contributed by atoms with E-state index in [1.165, 1.54) is 31.9 Å². The van der Waals surface area contributed by atoms with Crippen LogP contribution >= 0.6 is 0 Å². The molecular weight excluding hydrogens is 593 g/mol. The molecule has 43 heavy (non-hydrogen) atoms. The molecule has 2 unspecified atom stereocenters. The minimum atomic E-state index is -5.08. The molecule has 0 radical (unpaired) electrons. The molecule has 1 aliphatic heterocycles. The van der Waals surface area contributed by atoms with Crippen LogP contribution in [0.1, 0.15) is 79.5 Å². The summed E-state index contributed by atoms with van der Waals surface area (Å²) in [5, 5.41) is 0. The van der Waals surface area contributed by atoms with Gasteiger partial charge in [-0.15, -0.1) is 0 Å². The molecule has 4 nitrogen and oxygen atoms in total. The summed E-state index contributed by atoms with van der Waals surface area (Å²) in [6, 6.07) is 2.42. The SMILES string of the molecule is COc1cc(C(F)(F)F)c(C)cc1C1=C(CN2C(=O)OC(c3cc(C(F)(F)F)cc(C(F)(F)F)c3)C2C)CC(C)(C)CC1. The normalized spacial score (nSPS) is 21.3. The van der Waals surface area contributed by atoms with E-state index in [2.05, 4.69) is 0 Å². The highest BCUT2D eigenvalue weighted by atomic mass is 19.4. The molecular formula is C30H30F9NO3. The van der Waals surface area contributed by atoms with Crippen molar-refractivity contribution in [3.8, 4) is 5.75 Å². The minimum absolute atomic E-state index is 0.00331. The van der Waals surface area contributed by atoms with E-state index in [-0.39, 0.29) is 29.3 Å². The Kier molecular flexibility index (Phi) is 8.29.